The van der Waals surface area contributed by atoms with Crippen molar-refractivity contribution in [2.24, 2.45) is 10.8 Å². The number of hydrogen-bond acceptors (Lipinski definition) is 15. The summed E-state index contributed by atoms with van der Waals surface area (Å²) < 4.78 is 56.5. The average molecular weight is 743 g/mol. The van der Waals surface area contributed by atoms with Gasteiger partial charge in [0, 0.05) is 0 Å². The molecular formula is C34H43N6O11P. The first kappa shape index (κ1) is 38.6. The molecule has 2 unspecified atom stereocenters. The summed E-state index contributed by atoms with van der Waals surface area (Å²) in [6, 6.07) is 12.0. The lowest BCUT2D eigenvalue weighted by atomic mass is 9.92. The topological polar surface area (TPSA) is 225 Å². The summed E-state index contributed by atoms with van der Waals surface area (Å²) in [5, 5.41) is 17.8. The van der Waals surface area contributed by atoms with Crippen LogP contribution in [0.25, 0.3) is 5.52 Å². The molecule has 2 aliphatic rings. The number of nitrogens with zero attached hydrogens (tertiary/aromatic N) is 4. The molecule has 0 radical (unpaired) electrons. The number of carbonyl (C=O) groups excluding carboxylic acids is 3. The molecular weight excluding hydrogens is 699 g/mol. The van der Waals surface area contributed by atoms with Crippen molar-refractivity contribution in [1.82, 2.24) is 19.7 Å². The number of hydrogen-bond donors (Lipinski definition) is 2. The van der Waals surface area contributed by atoms with Crippen molar-refractivity contribution in [3.8, 4) is 11.8 Å². The second-order valence-corrected chi connectivity index (χ2v) is 16.3. The lowest BCUT2D eigenvalue weighted by Crippen LogP contribution is -2.51. The quantitative estimate of drug-likeness (QED) is 0.153. The Morgan fingerprint density at radius 3 is 2.31 bits per heavy atom. The Morgan fingerprint density at radius 2 is 1.71 bits per heavy atom. The number of anilines is 1. The van der Waals surface area contributed by atoms with Gasteiger partial charge in [-0.3, -0.25) is 18.9 Å². The van der Waals surface area contributed by atoms with Gasteiger partial charge in [-0.25, -0.2) is 14.1 Å². The van der Waals surface area contributed by atoms with E-state index in [4.69, 9.17) is 38.5 Å². The second kappa shape index (κ2) is 14.8. The van der Waals surface area contributed by atoms with Gasteiger partial charge < -0.3 is 33.9 Å². The molecule has 2 aromatic heterocycles. The number of aromatic nitrogens is 3. The van der Waals surface area contributed by atoms with Crippen LogP contribution >= 0.6 is 7.75 Å². The number of benzene rings is 1. The van der Waals surface area contributed by atoms with Crippen molar-refractivity contribution < 1.29 is 51.7 Å². The highest BCUT2D eigenvalue weighted by Gasteiger charge is 2.63. The van der Waals surface area contributed by atoms with Crippen LogP contribution in [0.1, 0.15) is 60.3 Å². The molecule has 0 aliphatic carbocycles. The van der Waals surface area contributed by atoms with Crippen molar-refractivity contribution in [2.45, 2.75) is 84.5 Å². The molecule has 2 saturated heterocycles. The molecule has 1 aromatic carbocycles. The molecule has 5 rings (SSSR count). The predicted octanol–water partition coefficient (Wildman–Crippen LogP) is 3.68. The Labute approximate surface area is 300 Å². The molecule has 2 fully saturated rings. The van der Waals surface area contributed by atoms with E-state index in [1.54, 1.807) is 71.9 Å². The highest BCUT2D eigenvalue weighted by atomic mass is 31.2. The molecule has 0 bridgehead atoms. The molecule has 0 saturated carbocycles. The van der Waals surface area contributed by atoms with Crippen molar-refractivity contribution in [1.29, 1.82) is 5.26 Å². The van der Waals surface area contributed by atoms with E-state index in [1.165, 1.54) is 29.9 Å². The zero-order chi connectivity index (χ0) is 38.1. The Kier molecular flexibility index (Phi) is 11.0. The van der Waals surface area contributed by atoms with Crippen LogP contribution in [0.3, 0.4) is 0 Å². The highest BCUT2D eigenvalue weighted by molar-refractivity contribution is 7.52. The fourth-order valence-corrected chi connectivity index (χ4v) is 6.57. The van der Waals surface area contributed by atoms with E-state index in [9.17, 15) is 24.2 Å². The van der Waals surface area contributed by atoms with E-state index in [-0.39, 0.29) is 30.5 Å². The van der Waals surface area contributed by atoms with Crippen molar-refractivity contribution in [3.63, 3.8) is 0 Å². The van der Waals surface area contributed by atoms with E-state index >= 15 is 0 Å². The maximum absolute atomic E-state index is 14.5. The Morgan fingerprint density at radius 1 is 1.06 bits per heavy atom. The number of para-hydroxylation sites is 1. The molecule has 280 valence electrons. The number of nitrogens with one attached hydrogen (secondary N) is 1. The van der Waals surface area contributed by atoms with Gasteiger partial charge >= 0.3 is 25.7 Å². The van der Waals surface area contributed by atoms with Crippen LogP contribution in [-0.4, -0.2) is 82.3 Å². The molecule has 52 heavy (non-hydrogen) atoms. The molecule has 3 aromatic rings. The summed E-state index contributed by atoms with van der Waals surface area (Å²) in [6.07, 6.45) is -3.69. The van der Waals surface area contributed by atoms with E-state index in [2.05, 4.69) is 15.2 Å². The van der Waals surface area contributed by atoms with E-state index < -0.39 is 79.2 Å². The monoisotopic (exact) mass is 742 g/mol. The number of nitrogen functional groups attached to an aromatic ring is 1. The highest BCUT2D eigenvalue weighted by Crippen LogP contribution is 2.50. The van der Waals surface area contributed by atoms with Gasteiger partial charge in [0.15, 0.2) is 18.0 Å². The third-order valence-electron chi connectivity index (χ3n) is 8.10. The molecule has 6 atom stereocenters. The van der Waals surface area contributed by atoms with Gasteiger partial charge in [-0.15, -0.1) is 0 Å². The molecule has 0 spiro atoms. The fourth-order valence-electron chi connectivity index (χ4n) is 5.05. The molecule has 18 heteroatoms. The van der Waals surface area contributed by atoms with Crippen LogP contribution in [0.15, 0.2) is 48.8 Å². The van der Waals surface area contributed by atoms with Crippen LogP contribution < -0.4 is 15.3 Å². The van der Waals surface area contributed by atoms with Gasteiger partial charge in [0.25, 0.3) is 0 Å². The summed E-state index contributed by atoms with van der Waals surface area (Å²) in [5.74, 6) is -1.98. The third-order valence-corrected chi connectivity index (χ3v) is 9.72. The Hall–Kier alpha value is -4.59. The number of ether oxygens (including phenoxy) is 5. The van der Waals surface area contributed by atoms with Crippen molar-refractivity contribution >= 4 is 37.0 Å². The average Bonchev–Trinajstić information content (AvgIpc) is 3.61. The molecule has 4 heterocycles. The van der Waals surface area contributed by atoms with E-state index in [0.717, 1.165) is 0 Å². The predicted molar refractivity (Wildman–Crippen MR) is 182 cm³/mol. The number of fused-ring (bicyclic) bond motifs is 1. The zero-order valence-corrected chi connectivity index (χ0v) is 30.8. The number of carbonyl (C=O) groups is 3. The molecule has 17 nitrogen and oxygen atoms in total. The van der Waals surface area contributed by atoms with Crippen LogP contribution in [0, 0.1) is 22.2 Å². The maximum atomic E-state index is 14.5. The van der Waals surface area contributed by atoms with Crippen molar-refractivity contribution in [2.75, 3.05) is 25.6 Å². The zero-order valence-electron chi connectivity index (χ0n) is 29.9. The summed E-state index contributed by atoms with van der Waals surface area (Å²) in [7, 11) is -4.59. The third kappa shape index (κ3) is 8.38. The lowest BCUT2D eigenvalue weighted by molar-refractivity contribution is -0.179. The molecule has 2 aliphatic heterocycles. The first-order chi connectivity index (χ1) is 24.4. The van der Waals surface area contributed by atoms with Gasteiger partial charge in [-0.1, -0.05) is 18.2 Å². The van der Waals surface area contributed by atoms with Gasteiger partial charge in [-0.2, -0.15) is 15.4 Å². The Balaban J connectivity index is 1.57. The minimum absolute atomic E-state index is 0.104. The van der Waals surface area contributed by atoms with Crippen molar-refractivity contribution in [3.05, 3.63) is 54.5 Å². The fraction of sp³-hybridized carbons (Fsp3) is 0.529. The Bertz CT molecular complexity index is 1880. The number of nitrogens with two attached hydrogens (primary N) is 1. The minimum atomic E-state index is -4.59. The number of nitriles is 1. The number of esters is 3. The van der Waals surface area contributed by atoms with Crippen LogP contribution in [0.4, 0.5) is 5.82 Å². The van der Waals surface area contributed by atoms with Gasteiger partial charge in [0.05, 0.1) is 29.7 Å². The first-order valence-corrected chi connectivity index (χ1v) is 18.0. The van der Waals surface area contributed by atoms with Gasteiger partial charge in [0.2, 0.25) is 5.60 Å². The second-order valence-electron chi connectivity index (χ2n) is 14.6. The maximum Gasteiger partial charge on any atom is 0.459 e. The smallest absolute Gasteiger partial charge is 0.456 e. The summed E-state index contributed by atoms with van der Waals surface area (Å²) in [6.45, 7) is 10.7. The summed E-state index contributed by atoms with van der Waals surface area (Å²) in [5.41, 5.74) is 2.33. The summed E-state index contributed by atoms with van der Waals surface area (Å²) in [4.78, 5) is 43.9. The number of rotatable bonds is 12. The van der Waals surface area contributed by atoms with Gasteiger partial charge in [0.1, 0.15) is 48.5 Å². The standard InChI is InChI=1S/C34H43N6O11P/c1-20(29(41)47-22-15-45-16-22)39-52(44,51-21-11-9-8-10-12-21)46-18-34(17-35)27(49-31(43)33(5,6)7)26(48-30(42)32(2,3)4)25(50-34)23-13-14-24-28(36)37-19-38-40(23)24/h8-14,19-20,22,25-27H,15-16,18H2,1-7H3,(H,39,44)(H2,36,37,38)/t20?,25-,26-,27-,34+,52?/m0/s1. The largest absolute Gasteiger partial charge is 0.459 e. The van der Waals surface area contributed by atoms with Crippen LogP contribution in [0.5, 0.6) is 5.75 Å². The van der Waals surface area contributed by atoms with Crippen LogP contribution in [0.2, 0.25) is 0 Å². The van der Waals surface area contributed by atoms with E-state index in [1.807, 2.05) is 6.07 Å². The van der Waals surface area contributed by atoms with Gasteiger partial charge in [-0.05, 0) is 72.7 Å². The first-order valence-electron chi connectivity index (χ1n) is 16.5. The molecule has 0 amide bonds. The van der Waals surface area contributed by atoms with Crippen LogP contribution in [-0.2, 0) is 47.2 Å². The normalized spacial score (nSPS) is 23.8. The van der Waals surface area contributed by atoms with E-state index in [0.29, 0.717) is 5.52 Å². The molecule has 3 N–H and O–H groups in total. The lowest BCUT2D eigenvalue weighted by Gasteiger charge is -2.33. The summed E-state index contributed by atoms with van der Waals surface area (Å²) >= 11 is 0. The minimum Gasteiger partial charge on any atom is -0.456 e. The SMILES string of the molecule is CC(NP(=O)(OC[C@@]1(C#N)O[C@@H](c2ccc3c(N)ncnn23)[C@H](OC(=O)C(C)(C)C)[C@@H]1OC(=O)C(C)(C)C)Oc1ccccc1)C(=O)OC1COC1.